The zero-order chi connectivity index (χ0) is 98.8. The number of hydrogen-bond acceptors (Lipinski definition) is 22. The van der Waals surface area contributed by atoms with Crippen molar-refractivity contribution in [1.29, 1.82) is 5.41 Å². The molecule has 4 aliphatic rings. The Labute approximate surface area is 783 Å². The minimum atomic E-state index is -1.90. The van der Waals surface area contributed by atoms with Crippen LogP contribution in [0.1, 0.15) is 135 Å². The average molecular weight is 1910 g/mol. The zero-order valence-corrected chi connectivity index (χ0v) is 77.8. The van der Waals surface area contributed by atoms with Crippen LogP contribution in [0.4, 0.5) is 8.78 Å². The smallest absolute Gasteiger partial charge is 0.246 e. The number of aromatic nitrogens is 2. The van der Waals surface area contributed by atoms with E-state index < -0.39 is 272 Å². The fourth-order valence-electron chi connectivity index (χ4n) is 17.0. The second-order valence-corrected chi connectivity index (χ2v) is 36.1. The number of thioether (sulfide) groups is 1. The van der Waals surface area contributed by atoms with E-state index in [4.69, 9.17) is 22.6 Å². The minimum Gasteiger partial charge on any atom is -0.394 e. The molecule has 0 radical (unpaired) electrons. The van der Waals surface area contributed by atoms with Crippen molar-refractivity contribution in [1.82, 2.24) is 98.3 Å². The normalized spacial score (nSPS) is 25.9. The maximum atomic E-state index is 15.7. The summed E-state index contributed by atoms with van der Waals surface area (Å²) in [6.07, 6.45) is 0.979. The van der Waals surface area contributed by atoms with Gasteiger partial charge >= 0.3 is 0 Å². The molecule has 9 rings (SSSR count). The first-order valence-electron chi connectivity index (χ1n) is 45.4. The first-order chi connectivity index (χ1) is 64.2. The number of aromatic amines is 2. The van der Waals surface area contributed by atoms with Crippen LogP contribution in [-0.2, 0) is 101 Å². The Morgan fingerprint density at radius 3 is 1.73 bits per heavy atom. The number of amides is 17. The summed E-state index contributed by atoms with van der Waals surface area (Å²) < 4.78 is 29.4. The van der Waals surface area contributed by atoms with Crippen molar-refractivity contribution in [3.63, 3.8) is 0 Å². The van der Waals surface area contributed by atoms with Crippen LogP contribution in [0.15, 0.2) is 79.1 Å². The molecule has 42 nitrogen and oxygen atoms in total. The van der Waals surface area contributed by atoms with Gasteiger partial charge in [0.15, 0.2) is 17.6 Å². The monoisotopic (exact) mass is 1900 g/mol. The molecule has 2 aromatic heterocycles. The third-order valence-corrected chi connectivity index (χ3v) is 25.7. The fourth-order valence-corrected chi connectivity index (χ4v) is 17.9. The summed E-state index contributed by atoms with van der Waals surface area (Å²) >= 11 is 0.696. The molecule has 5 aromatic rings. The molecule has 736 valence electrons. The number of primary amides is 1. The first-order valence-corrected chi connectivity index (χ1v) is 46.5. The van der Waals surface area contributed by atoms with Crippen molar-refractivity contribution >= 4 is 140 Å². The number of unbranched alkanes of at least 4 members (excludes halogenated alkanes) is 2. The molecule has 23 N–H and O–H groups in total. The van der Waals surface area contributed by atoms with Crippen LogP contribution < -0.4 is 81.0 Å². The summed E-state index contributed by atoms with van der Waals surface area (Å²) in [6, 6.07) is -5.65. The first kappa shape index (κ1) is 106. The van der Waals surface area contributed by atoms with Gasteiger partial charge in [-0.15, -0.1) is 11.8 Å². The topological polar surface area (TPSA) is 625 Å². The predicted molar refractivity (Wildman–Crippen MR) is 492 cm³/mol. The number of nitrogens with zero attached hydrogens (tertiary/aromatic N) is 5. The number of halogens is 2. The van der Waals surface area contributed by atoms with Gasteiger partial charge in [-0.25, -0.2) is 8.78 Å². The van der Waals surface area contributed by atoms with Crippen LogP contribution in [0.3, 0.4) is 0 Å². The summed E-state index contributed by atoms with van der Waals surface area (Å²) in [5, 5.41) is 63.0. The third-order valence-electron chi connectivity index (χ3n) is 24.6. The molecule has 17 amide bonds. The highest BCUT2D eigenvalue weighted by Gasteiger charge is 2.48. The van der Waals surface area contributed by atoms with Crippen LogP contribution >= 0.6 is 11.8 Å². The molecule has 3 aromatic carbocycles. The molecule has 0 spiro atoms. The molecule has 135 heavy (non-hydrogen) atoms. The van der Waals surface area contributed by atoms with Crippen LogP contribution in [0.25, 0.3) is 21.8 Å². The number of aliphatic hydroxyl groups is 2. The van der Waals surface area contributed by atoms with Gasteiger partial charge in [0.2, 0.25) is 100 Å². The molecular formula is C90H127F2N23O19S. The van der Waals surface area contributed by atoms with E-state index in [2.05, 4.69) is 73.8 Å². The van der Waals surface area contributed by atoms with Gasteiger partial charge < -0.3 is 126 Å². The number of guanidine groups is 1. The Morgan fingerprint density at radius 1 is 0.563 bits per heavy atom. The lowest BCUT2D eigenvalue weighted by atomic mass is 10.00. The molecule has 4 aliphatic heterocycles. The van der Waals surface area contributed by atoms with Crippen molar-refractivity contribution < 1.29 is 101 Å². The Hall–Kier alpha value is -12.9. The Kier molecular flexibility index (Phi) is 39.1. The number of H-pyrrole nitrogens is 2. The lowest BCUT2D eigenvalue weighted by Gasteiger charge is -2.36. The summed E-state index contributed by atoms with van der Waals surface area (Å²) in [6.45, 7) is 5.32. The van der Waals surface area contributed by atoms with Gasteiger partial charge in [0, 0.05) is 120 Å². The molecule has 1 unspecified atom stereocenters. The Bertz CT molecular complexity index is 5140. The van der Waals surface area contributed by atoms with Gasteiger partial charge in [0.1, 0.15) is 84.6 Å². The van der Waals surface area contributed by atoms with Crippen LogP contribution in [0.2, 0.25) is 0 Å². The largest absolute Gasteiger partial charge is 0.394 e. The molecule has 16 atom stereocenters. The standard InChI is InChI=1S/C90H127F2N23O19S/c1-9-11-23-69-82(127)103-60(22-17-28-98-90(95)96)78(123)110-68(77(122)101-41-73(94)118)45-135-46-75(120)102-63(32-49-25-26-56(91)57(92)31-49)85(130)111(6)48(5)76(121)105-65-37-74(119)97-29-27-50-33-71(114(42-50)88(65)133)83(128)108-66(38-93)80(125)106-62(30-47(3)4)87(132)115-43-53(117)36-72(115)84(129)104-61(34-51-39-99-58-20-15-13-18-54(51)58)79(124)109-67(44-116)81(126)107-64(35-52-40-100-59-21-16-14-19-55(52)59)86(131)113(8)70(24-12-10-2)89(134)112(69)7/h13-16,18-21,25-26,31,39-40,47-48,50,53,60-72,99-100,116-117H,9-12,17,22-24,27-30,32-38,41-46,93H2,1-8H3,(H2,94,118)(H,97,119)(H,101,122)(H,102,120)(H,103,127)(H,104,129)(H,105,121)(H,106,125)(H,107,126)(H,108,128)(H,109,124)(H,110,123)(H4,95,96,98)/t48-,50?,53+,60-,61-,62-,63-,64-,65-,66-,67-,68-,69-,70-,71-,72-/m0/s1. The number of rotatable bonds is 23. The number of fused-ring (bicyclic) bond motifs is 5. The Balaban J connectivity index is 1.10. The fraction of sp³-hybridized carbons (Fsp3) is 0.556. The third kappa shape index (κ3) is 28.8. The van der Waals surface area contributed by atoms with Crippen molar-refractivity contribution in [2.75, 3.05) is 78.5 Å². The van der Waals surface area contributed by atoms with Gasteiger partial charge in [-0.1, -0.05) is 95.8 Å². The number of aliphatic hydroxyl groups excluding tert-OH is 2. The predicted octanol–water partition coefficient (Wildman–Crippen LogP) is -3.10. The van der Waals surface area contributed by atoms with Gasteiger partial charge in [-0.3, -0.25) is 86.9 Å². The minimum absolute atomic E-state index is 0.0102. The SMILES string of the molecule is CCCC[C@H]1C(=O)N(C)[C@@H](CCCC)C(=O)N[C@@H](CCCNC(=N)N)C(=O)N[C@H](C(=O)NCC(N)=O)CSCC(=O)N[C@@H](Cc2ccc(F)c(F)c2)C(=O)N(C)[C@@H](C)C(=O)N[C@H]2CC(=O)NCCC3C[C@@H](C(=O)N[C@@H](CN)C(=O)N[C@@H](CC(C)C)C(=O)N4C[C@H](O)C[C@H]4C(=O)N[C@@H](Cc4c[nH]c5ccccc45)C(=O)N[C@@H](CO)C(=O)N[C@@H](Cc4c[nH]c5ccccc45)C(=O)N1C)N(C3)C2=O. The summed E-state index contributed by atoms with van der Waals surface area (Å²) in [5.74, 6) is -21.2. The number of nitrogens with one attached hydrogen (secondary N) is 15. The van der Waals surface area contributed by atoms with Crippen molar-refractivity contribution in [2.24, 2.45) is 29.0 Å². The highest BCUT2D eigenvalue weighted by atomic mass is 32.2. The molecule has 4 saturated heterocycles. The highest BCUT2D eigenvalue weighted by Crippen LogP contribution is 2.31. The van der Waals surface area contributed by atoms with E-state index in [9.17, 15) is 62.1 Å². The van der Waals surface area contributed by atoms with E-state index in [0.29, 0.717) is 70.4 Å². The second kappa shape index (κ2) is 49.9. The average Bonchev–Trinajstić information content (AvgIpc) is 1.76. The van der Waals surface area contributed by atoms with E-state index in [-0.39, 0.29) is 88.9 Å². The number of nitrogens with two attached hydrogens (primary N) is 3. The van der Waals surface area contributed by atoms with Crippen molar-refractivity contribution in [3.8, 4) is 0 Å². The maximum Gasteiger partial charge on any atom is 0.246 e. The van der Waals surface area contributed by atoms with Crippen molar-refractivity contribution in [2.45, 2.75) is 228 Å². The van der Waals surface area contributed by atoms with E-state index in [1.54, 1.807) is 74.8 Å². The summed E-state index contributed by atoms with van der Waals surface area (Å²) in [7, 11) is 3.81. The zero-order valence-electron chi connectivity index (χ0n) is 77.0. The molecule has 45 heteroatoms. The summed E-state index contributed by atoms with van der Waals surface area (Å²) in [5.41, 5.74) is 19.5. The quantitative estimate of drug-likeness (QED) is 0.0175. The number of hydrogen-bond donors (Lipinski definition) is 20. The summed E-state index contributed by atoms with van der Waals surface area (Å²) in [4.78, 5) is 262. The molecule has 0 aliphatic carbocycles. The van der Waals surface area contributed by atoms with E-state index >= 15 is 38.4 Å². The Morgan fingerprint density at radius 2 is 1.11 bits per heavy atom. The van der Waals surface area contributed by atoms with Crippen molar-refractivity contribution in [3.05, 3.63) is 107 Å². The number of likely N-dealkylation sites (N-methyl/N-ethyl adjacent to an activating group) is 3. The van der Waals surface area contributed by atoms with E-state index in [0.717, 1.165) is 49.7 Å². The van der Waals surface area contributed by atoms with E-state index in [1.807, 2.05) is 13.8 Å². The second-order valence-electron chi connectivity index (χ2n) is 35.1. The van der Waals surface area contributed by atoms with Gasteiger partial charge in [-0.2, -0.15) is 0 Å². The van der Waals surface area contributed by atoms with Gasteiger partial charge in [0.25, 0.3) is 0 Å². The van der Waals surface area contributed by atoms with E-state index in [1.165, 1.54) is 21.0 Å². The number of benzene rings is 3. The van der Waals surface area contributed by atoms with Crippen LogP contribution in [-0.4, -0.2) is 320 Å². The lowest BCUT2D eigenvalue weighted by molar-refractivity contribution is -0.149. The molecule has 0 saturated carbocycles. The molecule has 3 bridgehead atoms. The molecule has 4 fully saturated rings. The number of carbonyl (C=O) groups is 17. The molecular weight excluding hydrogens is 1780 g/mol. The maximum absolute atomic E-state index is 15.7. The molecule has 6 heterocycles. The number of carbonyl (C=O) groups excluding carboxylic acids is 17. The highest BCUT2D eigenvalue weighted by molar-refractivity contribution is 8.00. The van der Waals surface area contributed by atoms with Crippen LogP contribution in [0, 0.1) is 28.9 Å². The lowest BCUT2D eigenvalue weighted by Crippen LogP contribution is -2.62. The van der Waals surface area contributed by atoms with Gasteiger partial charge in [-0.05, 0) is 105 Å². The van der Waals surface area contributed by atoms with Crippen LogP contribution in [0.5, 0.6) is 0 Å². The number of para-hydroxylation sites is 2. The van der Waals surface area contributed by atoms with Gasteiger partial charge in [0.05, 0.1) is 31.4 Å².